The van der Waals surface area contributed by atoms with Crippen molar-refractivity contribution in [3.63, 3.8) is 0 Å². The van der Waals surface area contributed by atoms with Crippen LogP contribution in [0.5, 0.6) is 0 Å². The van der Waals surface area contributed by atoms with E-state index >= 15 is 0 Å². The highest BCUT2D eigenvalue weighted by atomic mass is 35.5. The molecule has 2 N–H and O–H groups in total. The molecule has 0 saturated heterocycles. The average molecular weight is 407 g/mol. The standard InChI is InChI=1S/C19H26ClF3N2O2/c1-2-3-4-5-6-7-8-9-12-24-17(26)18(27)25-14-10-11-16(20)15(13-14)19(21,22)23/h10-11,13H,2-9,12H2,1H3,(H,24,26)(H,25,27). The summed E-state index contributed by atoms with van der Waals surface area (Å²) >= 11 is 5.51. The Kier molecular flexibility index (Phi) is 10.2. The van der Waals surface area contributed by atoms with Crippen LogP contribution in [0.4, 0.5) is 18.9 Å². The third-order valence-corrected chi connectivity index (χ3v) is 4.38. The van der Waals surface area contributed by atoms with Crippen LogP contribution in [0.3, 0.4) is 0 Å². The van der Waals surface area contributed by atoms with Crippen LogP contribution in [0.15, 0.2) is 18.2 Å². The number of hydrogen-bond donors (Lipinski definition) is 2. The minimum absolute atomic E-state index is 0.140. The molecule has 27 heavy (non-hydrogen) atoms. The first-order chi connectivity index (χ1) is 12.8. The first-order valence-electron chi connectivity index (χ1n) is 9.21. The lowest BCUT2D eigenvalue weighted by atomic mass is 10.1. The lowest BCUT2D eigenvalue weighted by Crippen LogP contribution is -2.35. The lowest BCUT2D eigenvalue weighted by molar-refractivity contribution is -0.137. The monoisotopic (exact) mass is 406 g/mol. The number of rotatable bonds is 10. The number of nitrogens with one attached hydrogen (secondary N) is 2. The van der Waals surface area contributed by atoms with Gasteiger partial charge in [0.1, 0.15) is 0 Å². The Morgan fingerprint density at radius 2 is 1.56 bits per heavy atom. The van der Waals surface area contributed by atoms with E-state index in [1.54, 1.807) is 0 Å². The number of halogens is 4. The van der Waals surface area contributed by atoms with E-state index in [9.17, 15) is 22.8 Å². The summed E-state index contributed by atoms with van der Waals surface area (Å²) in [5.74, 6) is -1.88. The van der Waals surface area contributed by atoms with Crippen molar-refractivity contribution in [1.29, 1.82) is 0 Å². The molecule has 0 atom stereocenters. The molecule has 0 unspecified atom stereocenters. The highest BCUT2D eigenvalue weighted by Crippen LogP contribution is 2.36. The molecule has 0 aliphatic rings. The molecular weight excluding hydrogens is 381 g/mol. The summed E-state index contributed by atoms with van der Waals surface area (Å²) in [6, 6.07) is 2.94. The molecule has 0 spiro atoms. The number of benzene rings is 1. The zero-order chi connectivity index (χ0) is 20.3. The molecular formula is C19H26ClF3N2O2. The van der Waals surface area contributed by atoms with Crippen molar-refractivity contribution in [1.82, 2.24) is 5.32 Å². The number of carbonyl (C=O) groups excluding carboxylic acids is 2. The molecule has 1 aromatic rings. The molecule has 2 amide bonds. The maximum absolute atomic E-state index is 12.8. The van der Waals surface area contributed by atoms with Crippen LogP contribution in [0, 0.1) is 0 Å². The zero-order valence-corrected chi connectivity index (χ0v) is 16.2. The highest BCUT2D eigenvalue weighted by Gasteiger charge is 2.33. The Bertz CT molecular complexity index is 621. The predicted molar refractivity (Wildman–Crippen MR) is 101 cm³/mol. The zero-order valence-electron chi connectivity index (χ0n) is 15.4. The van der Waals surface area contributed by atoms with E-state index in [-0.39, 0.29) is 5.69 Å². The summed E-state index contributed by atoms with van der Waals surface area (Å²) in [5.41, 5.74) is -1.21. The van der Waals surface area contributed by atoms with Crippen LogP contribution < -0.4 is 10.6 Å². The first-order valence-corrected chi connectivity index (χ1v) is 9.59. The predicted octanol–water partition coefficient (Wildman–Crippen LogP) is 5.55. The van der Waals surface area contributed by atoms with E-state index in [2.05, 4.69) is 17.6 Å². The van der Waals surface area contributed by atoms with Gasteiger partial charge in [0.05, 0.1) is 10.6 Å². The van der Waals surface area contributed by atoms with Crippen molar-refractivity contribution < 1.29 is 22.8 Å². The van der Waals surface area contributed by atoms with E-state index in [0.29, 0.717) is 12.6 Å². The third kappa shape index (κ3) is 9.13. The van der Waals surface area contributed by atoms with Crippen LogP contribution in [-0.4, -0.2) is 18.4 Å². The Balaban J connectivity index is 2.32. The van der Waals surface area contributed by atoms with Crippen molar-refractivity contribution >= 4 is 29.1 Å². The van der Waals surface area contributed by atoms with Gasteiger partial charge in [-0.1, -0.05) is 63.5 Å². The Labute approximate surface area is 162 Å². The molecule has 0 fully saturated rings. The van der Waals surface area contributed by atoms with Gasteiger partial charge in [-0.25, -0.2) is 0 Å². The smallest absolute Gasteiger partial charge is 0.348 e. The van der Waals surface area contributed by atoms with Crippen LogP contribution >= 0.6 is 11.6 Å². The van der Waals surface area contributed by atoms with Gasteiger partial charge < -0.3 is 10.6 Å². The molecule has 0 aliphatic carbocycles. The second-order valence-corrected chi connectivity index (χ2v) is 6.78. The number of amides is 2. The SMILES string of the molecule is CCCCCCCCCCNC(=O)C(=O)Nc1ccc(Cl)c(C(F)(F)F)c1. The summed E-state index contributed by atoms with van der Waals surface area (Å²) in [6.45, 7) is 2.52. The second kappa shape index (κ2) is 11.8. The van der Waals surface area contributed by atoms with E-state index < -0.39 is 28.6 Å². The van der Waals surface area contributed by atoms with Crippen LogP contribution in [0.2, 0.25) is 5.02 Å². The van der Waals surface area contributed by atoms with E-state index in [4.69, 9.17) is 11.6 Å². The van der Waals surface area contributed by atoms with E-state index in [1.165, 1.54) is 31.7 Å². The topological polar surface area (TPSA) is 58.2 Å². The minimum atomic E-state index is -4.64. The van der Waals surface area contributed by atoms with Crippen molar-refractivity contribution in [2.24, 2.45) is 0 Å². The Hall–Kier alpha value is -1.76. The normalized spacial score (nSPS) is 11.3. The Morgan fingerprint density at radius 3 is 2.15 bits per heavy atom. The number of anilines is 1. The van der Waals surface area contributed by atoms with Crippen molar-refractivity contribution in [2.75, 3.05) is 11.9 Å². The molecule has 1 rings (SSSR count). The maximum Gasteiger partial charge on any atom is 0.417 e. The minimum Gasteiger partial charge on any atom is -0.348 e. The molecule has 4 nitrogen and oxygen atoms in total. The van der Waals surface area contributed by atoms with Crippen molar-refractivity contribution in [3.05, 3.63) is 28.8 Å². The molecule has 0 aliphatic heterocycles. The highest BCUT2D eigenvalue weighted by molar-refractivity contribution is 6.39. The molecule has 0 heterocycles. The number of unbranched alkanes of at least 4 members (excludes halogenated alkanes) is 7. The molecule has 152 valence electrons. The lowest BCUT2D eigenvalue weighted by Gasteiger charge is -2.11. The van der Waals surface area contributed by atoms with Gasteiger partial charge in [-0.3, -0.25) is 9.59 Å². The van der Waals surface area contributed by atoms with Gasteiger partial charge in [0, 0.05) is 12.2 Å². The average Bonchev–Trinajstić information content (AvgIpc) is 2.60. The van der Waals surface area contributed by atoms with Crippen LogP contribution in [0.1, 0.15) is 63.9 Å². The van der Waals surface area contributed by atoms with Gasteiger partial charge in [-0.15, -0.1) is 0 Å². The summed E-state index contributed by atoms with van der Waals surface area (Å²) in [6.07, 6.45) is 4.23. The van der Waals surface area contributed by atoms with Crippen molar-refractivity contribution in [2.45, 2.75) is 64.5 Å². The summed E-state index contributed by atoms with van der Waals surface area (Å²) in [5, 5.41) is 4.15. The summed E-state index contributed by atoms with van der Waals surface area (Å²) < 4.78 is 38.4. The maximum atomic E-state index is 12.8. The number of carbonyl (C=O) groups is 2. The Morgan fingerprint density at radius 1 is 0.963 bits per heavy atom. The fraction of sp³-hybridized carbons (Fsp3) is 0.579. The molecule has 0 aromatic heterocycles. The van der Waals surface area contributed by atoms with Gasteiger partial charge in [-0.05, 0) is 24.6 Å². The van der Waals surface area contributed by atoms with Crippen molar-refractivity contribution in [3.8, 4) is 0 Å². The van der Waals surface area contributed by atoms with Crippen LogP contribution in [-0.2, 0) is 15.8 Å². The van der Waals surface area contributed by atoms with Gasteiger partial charge in [-0.2, -0.15) is 13.2 Å². The number of alkyl halides is 3. The molecule has 0 bridgehead atoms. The van der Waals surface area contributed by atoms with E-state index in [1.807, 2.05) is 0 Å². The fourth-order valence-electron chi connectivity index (χ4n) is 2.55. The quantitative estimate of drug-likeness (QED) is 0.395. The van der Waals surface area contributed by atoms with Gasteiger partial charge in [0.2, 0.25) is 0 Å². The molecule has 1 aromatic carbocycles. The molecule has 0 radical (unpaired) electrons. The summed E-state index contributed by atoms with van der Waals surface area (Å²) in [7, 11) is 0. The third-order valence-electron chi connectivity index (χ3n) is 4.05. The largest absolute Gasteiger partial charge is 0.417 e. The first kappa shape index (κ1) is 23.3. The second-order valence-electron chi connectivity index (χ2n) is 6.38. The fourth-order valence-corrected chi connectivity index (χ4v) is 2.77. The van der Waals surface area contributed by atoms with Crippen LogP contribution in [0.25, 0.3) is 0 Å². The molecule has 8 heteroatoms. The van der Waals surface area contributed by atoms with Gasteiger partial charge >= 0.3 is 18.0 Å². The van der Waals surface area contributed by atoms with Gasteiger partial charge in [0.25, 0.3) is 0 Å². The summed E-state index contributed by atoms with van der Waals surface area (Å²) in [4.78, 5) is 23.5. The van der Waals surface area contributed by atoms with Gasteiger partial charge in [0.15, 0.2) is 0 Å². The molecule has 0 saturated carbocycles. The van der Waals surface area contributed by atoms with E-state index in [0.717, 1.165) is 31.7 Å². The number of hydrogen-bond acceptors (Lipinski definition) is 2.